The molecule has 110 valence electrons. The van der Waals surface area contributed by atoms with Gasteiger partial charge in [0.1, 0.15) is 4.88 Å². The second kappa shape index (κ2) is 6.64. The first-order chi connectivity index (χ1) is 9.97. The van der Waals surface area contributed by atoms with Crippen LogP contribution in [0.5, 0.6) is 0 Å². The van der Waals surface area contributed by atoms with Gasteiger partial charge in [-0.1, -0.05) is 17.4 Å². The standard InChI is InChI=1S/C14H15N3O2S2/c1-9-12(13(19)17(2)3)21-14(15-9)16-11(18)7-6-10-5-4-8-20-10/h4-8H,1-3H3,(H,15,16,18). The van der Waals surface area contributed by atoms with Gasteiger partial charge in [0.25, 0.3) is 5.91 Å². The highest BCUT2D eigenvalue weighted by Crippen LogP contribution is 2.23. The summed E-state index contributed by atoms with van der Waals surface area (Å²) in [6.45, 7) is 1.75. The number of hydrogen-bond acceptors (Lipinski definition) is 5. The molecule has 0 unspecified atom stereocenters. The smallest absolute Gasteiger partial charge is 0.265 e. The molecule has 0 radical (unpaired) electrons. The van der Waals surface area contributed by atoms with Crippen molar-refractivity contribution >= 4 is 45.7 Å². The zero-order valence-corrected chi connectivity index (χ0v) is 13.5. The zero-order valence-electron chi connectivity index (χ0n) is 11.9. The molecule has 2 amide bonds. The number of anilines is 1. The molecular weight excluding hydrogens is 306 g/mol. The molecule has 2 aromatic heterocycles. The minimum atomic E-state index is -0.263. The molecule has 2 aromatic rings. The van der Waals surface area contributed by atoms with Crippen LogP contribution in [0.3, 0.4) is 0 Å². The number of carbonyl (C=O) groups excluding carboxylic acids is 2. The van der Waals surface area contributed by atoms with Crippen molar-refractivity contribution in [3.05, 3.63) is 39.0 Å². The van der Waals surface area contributed by atoms with Gasteiger partial charge in [-0.25, -0.2) is 4.98 Å². The summed E-state index contributed by atoms with van der Waals surface area (Å²) >= 11 is 2.74. The van der Waals surface area contributed by atoms with Crippen molar-refractivity contribution in [3.63, 3.8) is 0 Å². The van der Waals surface area contributed by atoms with E-state index in [-0.39, 0.29) is 11.8 Å². The Balaban J connectivity index is 2.05. The first-order valence-corrected chi connectivity index (χ1v) is 7.88. The van der Waals surface area contributed by atoms with Crippen LogP contribution in [0.2, 0.25) is 0 Å². The van der Waals surface area contributed by atoms with E-state index in [0.29, 0.717) is 15.7 Å². The minimum Gasteiger partial charge on any atom is -0.344 e. The maximum Gasteiger partial charge on any atom is 0.265 e. The normalized spacial score (nSPS) is 10.8. The average Bonchev–Trinajstić information content (AvgIpc) is 3.05. The van der Waals surface area contributed by atoms with Crippen LogP contribution in [0.4, 0.5) is 5.13 Å². The number of nitrogens with one attached hydrogen (secondary N) is 1. The van der Waals surface area contributed by atoms with Crippen LogP contribution in [-0.2, 0) is 4.79 Å². The van der Waals surface area contributed by atoms with Gasteiger partial charge in [-0.15, -0.1) is 11.3 Å². The number of aromatic nitrogens is 1. The van der Waals surface area contributed by atoms with E-state index in [1.165, 1.54) is 22.3 Å². The molecule has 0 aromatic carbocycles. The maximum absolute atomic E-state index is 11.9. The van der Waals surface area contributed by atoms with Crippen LogP contribution >= 0.6 is 22.7 Å². The molecule has 0 aliphatic heterocycles. The molecule has 0 aliphatic rings. The van der Waals surface area contributed by atoms with Gasteiger partial charge in [-0.2, -0.15) is 0 Å². The van der Waals surface area contributed by atoms with Gasteiger partial charge in [-0.3, -0.25) is 14.9 Å². The second-order valence-electron chi connectivity index (χ2n) is 4.47. The zero-order chi connectivity index (χ0) is 15.4. The molecule has 0 saturated carbocycles. The first-order valence-electron chi connectivity index (χ1n) is 6.19. The van der Waals surface area contributed by atoms with Gasteiger partial charge >= 0.3 is 0 Å². The van der Waals surface area contributed by atoms with E-state index >= 15 is 0 Å². The Morgan fingerprint density at radius 1 is 1.38 bits per heavy atom. The van der Waals surface area contributed by atoms with E-state index in [4.69, 9.17) is 0 Å². The molecular formula is C14H15N3O2S2. The van der Waals surface area contributed by atoms with Crippen molar-refractivity contribution in [3.8, 4) is 0 Å². The number of thiophene rings is 1. The number of rotatable bonds is 4. The third-order valence-electron chi connectivity index (χ3n) is 2.57. The predicted molar refractivity (Wildman–Crippen MR) is 86.9 cm³/mol. The summed E-state index contributed by atoms with van der Waals surface area (Å²) in [6, 6.07) is 3.85. The van der Waals surface area contributed by atoms with Crippen molar-refractivity contribution in [2.45, 2.75) is 6.92 Å². The predicted octanol–water partition coefficient (Wildman–Crippen LogP) is 2.87. The largest absolute Gasteiger partial charge is 0.344 e. The topological polar surface area (TPSA) is 62.3 Å². The molecule has 0 spiro atoms. The summed E-state index contributed by atoms with van der Waals surface area (Å²) in [5, 5.41) is 5.05. The molecule has 0 aliphatic carbocycles. The van der Waals surface area contributed by atoms with E-state index in [1.807, 2.05) is 17.5 Å². The Kier molecular flexibility index (Phi) is 4.87. The van der Waals surface area contributed by atoms with Gasteiger partial charge in [0.15, 0.2) is 5.13 Å². The van der Waals surface area contributed by atoms with E-state index in [9.17, 15) is 9.59 Å². The Morgan fingerprint density at radius 2 is 2.14 bits per heavy atom. The second-order valence-corrected chi connectivity index (χ2v) is 6.45. The van der Waals surface area contributed by atoms with Gasteiger partial charge in [-0.05, 0) is 24.4 Å². The molecule has 21 heavy (non-hydrogen) atoms. The van der Waals surface area contributed by atoms with E-state index in [1.54, 1.807) is 38.4 Å². The summed E-state index contributed by atoms with van der Waals surface area (Å²) in [4.78, 5) is 31.0. The van der Waals surface area contributed by atoms with Crippen LogP contribution in [0, 0.1) is 6.92 Å². The number of nitrogens with zero attached hydrogens (tertiary/aromatic N) is 2. The Bertz CT molecular complexity index is 672. The number of hydrogen-bond donors (Lipinski definition) is 1. The van der Waals surface area contributed by atoms with E-state index in [0.717, 1.165) is 4.88 Å². The molecule has 1 N–H and O–H groups in total. The number of thiazole rings is 1. The fourth-order valence-electron chi connectivity index (χ4n) is 1.54. The number of carbonyl (C=O) groups is 2. The van der Waals surface area contributed by atoms with Gasteiger partial charge in [0.2, 0.25) is 5.91 Å². The molecule has 0 atom stereocenters. The molecule has 7 heteroatoms. The summed E-state index contributed by atoms with van der Waals surface area (Å²) < 4.78 is 0. The summed E-state index contributed by atoms with van der Waals surface area (Å²) in [5.74, 6) is -0.374. The highest BCUT2D eigenvalue weighted by atomic mass is 32.1. The lowest BCUT2D eigenvalue weighted by Gasteiger charge is -2.07. The Morgan fingerprint density at radius 3 is 2.76 bits per heavy atom. The highest BCUT2D eigenvalue weighted by molar-refractivity contribution is 7.17. The van der Waals surface area contributed by atoms with Crippen LogP contribution in [-0.4, -0.2) is 35.8 Å². The van der Waals surface area contributed by atoms with Gasteiger partial charge in [0.05, 0.1) is 5.69 Å². The number of aryl methyl sites for hydroxylation is 1. The lowest BCUT2D eigenvalue weighted by atomic mass is 10.3. The average molecular weight is 321 g/mol. The Labute approximate surface area is 130 Å². The van der Waals surface area contributed by atoms with Crippen LogP contribution in [0.25, 0.3) is 6.08 Å². The first kappa shape index (κ1) is 15.4. The van der Waals surface area contributed by atoms with Crippen LogP contribution in [0.1, 0.15) is 20.2 Å². The lowest BCUT2D eigenvalue weighted by Crippen LogP contribution is -2.21. The SMILES string of the molecule is Cc1nc(NC(=O)C=Cc2cccs2)sc1C(=O)N(C)C. The molecule has 2 heterocycles. The summed E-state index contributed by atoms with van der Waals surface area (Å²) in [6.07, 6.45) is 3.20. The fourth-order valence-corrected chi connectivity index (χ4v) is 3.15. The molecule has 2 rings (SSSR count). The monoisotopic (exact) mass is 321 g/mol. The summed E-state index contributed by atoms with van der Waals surface area (Å²) in [5.41, 5.74) is 0.622. The minimum absolute atomic E-state index is 0.111. The van der Waals surface area contributed by atoms with Crippen molar-refractivity contribution in [2.75, 3.05) is 19.4 Å². The van der Waals surface area contributed by atoms with Gasteiger partial charge < -0.3 is 4.90 Å². The van der Waals surface area contributed by atoms with E-state index < -0.39 is 0 Å². The number of amides is 2. The fraction of sp³-hybridized carbons (Fsp3) is 0.214. The van der Waals surface area contributed by atoms with Crippen molar-refractivity contribution in [1.82, 2.24) is 9.88 Å². The molecule has 0 saturated heterocycles. The van der Waals surface area contributed by atoms with E-state index in [2.05, 4.69) is 10.3 Å². The molecule has 0 bridgehead atoms. The molecule has 5 nitrogen and oxygen atoms in total. The van der Waals surface area contributed by atoms with Gasteiger partial charge in [0, 0.05) is 25.0 Å². The summed E-state index contributed by atoms with van der Waals surface area (Å²) in [7, 11) is 3.37. The third kappa shape index (κ3) is 3.99. The Hall–Kier alpha value is -1.99. The van der Waals surface area contributed by atoms with Crippen molar-refractivity contribution in [2.24, 2.45) is 0 Å². The van der Waals surface area contributed by atoms with Crippen molar-refractivity contribution in [1.29, 1.82) is 0 Å². The maximum atomic E-state index is 11.9. The van der Waals surface area contributed by atoms with Crippen molar-refractivity contribution < 1.29 is 9.59 Å². The molecule has 0 fully saturated rings. The van der Waals surface area contributed by atoms with Crippen LogP contribution in [0.15, 0.2) is 23.6 Å². The quantitative estimate of drug-likeness (QED) is 0.881. The highest BCUT2D eigenvalue weighted by Gasteiger charge is 2.17. The van der Waals surface area contributed by atoms with Crippen LogP contribution < -0.4 is 5.32 Å². The lowest BCUT2D eigenvalue weighted by molar-refractivity contribution is -0.111. The third-order valence-corrected chi connectivity index (χ3v) is 4.47.